The molecular formula is C10H21N3O3S. The van der Waals surface area contributed by atoms with E-state index < -0.39 is 10.2 Å². The van der Waals surface area contributed by atoms with Crippen molar-refractivity contribution in [2.75, 3.05) is 26.2 Å². The van der Waals surface area contributed by atoms with Gasteiger partial charge in [0.2, 0.25) is 0 Å². The SMILES string of the molecule is CC1CN(S(=O)(=O)N2CCC(N)C2)CC(C)O1. The summed E-state index contributed by atoms with van der Waals surface area (Å²) < 4.78 is 33.3. The van der Waals surface area contributed by atoms with Crippen molar-refractivity contribution in [3.05, 3.63) is 0 Å². The monoisotopic (exact) mass is 263 g/mol. The van der Waals surface area contributed by atoms with Crippen LogP contribution < -0.4 is 5.73 Å². The molecule has 2 aliphatic rings. The van der Waals surface area contributed by atoms with Gasteiger partial charge in [0.1, 0.15) is 0 Å². The van der Waals surface area contributed by atoms with Crippen molar-refractivity contribution >= 4 is 10.2 Å². The van der Waals surface area contributed by atoms with E-state index in [4.69, 9.17) is 10.5 Å². The standard InChI is InChI=1S/C10H21N3O3S/c1-8-5-13(6-9(2)16-8)17(14,15)12-4-3-10(11)7-12/h8-10H,3-7,11H2,1-2H3. The van der Waals surface area contributed by atoms with Crippen LogP contribution in [0, 0.1) is 0 Å². The first-order valence-electron chi connectivity index (χ1n) is 6.06. The van der Waals surface area contributed by atoms with Crippen LogP contribution in [0.5, 0.6) is 0 Å². The minimum atomic E-state index is -3.35. The number of rotatable bonds is 2. The molecule has 2 heterocycles. The van der Waals surface area contributed by atoms with E-state index in [0.29, 0.717) is 26.2 Å². The summed E-state index contributed by atoms with van der Waals surface area (Å²) in [6.45, 7) is 5.62. The Morgan fingerprint density at radius 2 is 1.71 bits per heavy atom. The number of nitrogens with zero attached hydrogens (tertiary/aromatic N) is 2. The fraction of sp³-hybridized carbons (Fsp3) is 1.00. The van der Waals surface area contributed by atoms with Gasteiger partial charge in [-0.1, -0.05) is 0 Å². The van der Waals surface area contributed by atoms with Crippen molar-refractivity contribution in [3.8, 4) is 0 Å². The molecule has 0 aromatic heterocycles. The van der Waals surface area contributed by atoms with Gasteiger partial charge < -0.3 is 10.5 Å². The molecule has 2 aliphatic heterocycles. The Balaban J connectivity index is 2.09. The number of hydrogen-bond donors (Lipinski definition) is 1. The topological polar surface area (TPSA) is 75.9 Å². The molecule has 7 heteroatoms. The van der Waals surface area contributed by atoms with Gasteiger partial charge in [0.15, 0.2) is 0 Å². The second kappa shape index (κ2) is 4.81. The van der Waals surface area contributed by atoms with Crippen molar-refractivity contribution < 1.29 is 13.2 Å². The molecule has 0 aromatic rings. The van der Waals surface area contributed by atoms with Crippen LogP contribution in [-0.4, -0.2) is 61.5 Å². The first-order chi connectivity index (χ1) is 7.89. The molecule has 0 bridgehead atoms. The highest BCUT2D eigenvalue weighted by molar-refractivity contribution is 7.86. The van der Waals surface area contributed by atoms with Gasteiger partial charge in [-0.15, -0.1) is 0 Å². The number of morpholine rings is 1. The lowest BCUT2D eigenvalue weighted by Gasteiger charge is -2.36. The Kier molecular flexibility index (Phi) is 3.74. The zero-order valence-corrected chi connectivity index (χ0v) is 11.2. The second-order valence-corrected chi connectivity index (χ2v) is 6.92. The predicted octanol–water partition coefficient (Wildman–Crippen LogP) is -0.627. The molecule has 3 unspecified atom stereocenters. The van der Waals surface area contributed by atoms with Crippen LogP contribution in [0.25, 0.3) is 0 Å². The third-order valence-corrected chi connectivity index (χ3v) is 5.16. The molecule has 0 spiro atoms. The van der Waals surface area contributed by atoms with Gasteiger partial charge in [0.05, 0.1) is 12.2 Å². The summed E-state index contributed by atoms with van der Waals surface area (Å²) in [7, 11) is -3.35. The third kappa shape index (κ3) is 2.79. The van der Waals surface area contributed by atoms with E-state index in [0.717, 1.165) is 6.42 Å². The minimum Gasteiger partial charge on any atom is -0.373 e. The Morgan fingerprint density at radius 3 is 2.18 bits per heavy atom. The molecule has 6 nitrogen and oxygen atoms in total. The number of ether oxygens (including phenoxy) is 1. The van der Waals surface area contributed by atoms with Crippen LogP contribution >= 0.6 is 0 Å². The van der Waals surface area contributed by atoms with Gasteiger partial charge in [0.25, 0.3) is 10.2 Å². The quantitative estimate of drug-likeness (QED) is 0.720. The molecule has 17 heavy (non-hydrogen) atoms. The second-order valence-electron chi connectivity index (χ2n) is 4.99. The Morgan fingerprint density at radius 1 is 1.12 bits per heavy atom. The minimum absolute atomic E-state index is 0.0272. The Labute approximate surface area is 103 Å². The average Bonchev–Trinajstić information content (AvgIpc) is 2.64. The van der Waals surface area contributed by atoms with Crippen LogP contribution in [0.3, 0.4) is 0 Å². The lowest BCUT2D eigenvalue weighted by Crippen LogP contribution is -2.52. The molecule has 2 fully saturated rings. The van der Waals surface area contributed by atoms with E-state index in [1.807, 2.05) is 13.8 Å². The lowest BCUT2D eigenvalue weighted by molar-refractivity contribution is -0.0453. The van der Waals surface area contributed by atoms with Gasteiger partial charge in [0, 0.05) is 32.2 Å². The first kappa shape index (κ1) is 13.2. The van der Waals surface area contributed by atoms with Crippen molar-refractivity contribution in [2.45, 2.75) is 38.5 Å². The fourth-order valence-electron chi connectivity index (χ4n) is 2.45. The van der Waals surface area contributed by atoms with Crippen LogP contribution in [0.2, 0.25) is 0 Å². The van der Waals surface area contributed by atoms with Crippen LogP contribution in [0.15, 0.2) is 0 Å². The summed E-state index contributed by atoms with van der Waals surface area (Å²) in [5, 5.41) is 0. The van der Waals surface area contributed by atoms with E-state index in [9.17, 15) is 8.42 Å². The maximum atomic E-state index is 12.4. The zero-order chi connectivity index (χ0) is 12.6. The molecule has 0 aliphatic carbocycles. The Hall–Kier alpha value is -0.210. The van der Waals surface area contributed by atoms with E-state index in [2.05, 4.69) is 0 Å². The molecule has 100 valence electrons. The molecule has 3 atom stereocenters. The molecule has 2 rings (SSSR count). The third-order valence-electron chi connectivity index (χ3n) is 3.23. The van der Waals surface area contributed by atoms with E-state index in [-0.39, 0.29) is 18.2 Å². The van der Waals surface area contributed by atoms with E-state index >= 15 is 0 Å². The molecule has 2 N–H and O–H groups in total. The first-order valence-corrected chi connectivity index (χ1v) is 7.45. The van der Waals surface area contributed by atoms with E-state index in [1.54, 1.807) is 0 Å². The van der Waals surface area contributed by atoms with Gasteiger partial charge in [-0.25, -0.2) is 0 Å². The molecular weight excluding hydrogens is 242 g/mol. The average molecular weight is 263 g/mol. The summed E-state index contributed by atoms with van der Waals surface area (Å²) in [5.41, 5.74) is 5.76. The largest absolute Gasteiger partial charge is 0.373 e. The van der Waals surface area contributed by atoms with Gasteiger partial charge >= 0.3 is 0 Å². The molecule has 0 radical (unpaired) electrons. The highest BCUT2D eigenvalue weighted by Gasteiger charge is 2.37. The maximum absolute atomic E-state index is 12.4. The van der Waals surface area contributed by atoms with Crippen LogP contribution in [0.1, 0.15) is 20.3 Å². The number of hydrogen-bond acceptors (Lipinski definition) is 4. The van der Waals surface area contributed by atoms with Crippen LogP contribution in [-0.2, 0) is 14.9 Å². The molecule has 2 saturated heterocycles. The van der Waals surface area contributed by atoms with Crippen molar-refractivity contribution in [3.63, 3.8) is 0 Å². The zero-order valence-electron chi connectivity index (χ0n) is 10.4. The summed E-state index contributed by atoms with van der Waals surface area (Å²) in [6, 6.07) is -0.0272. The maximum Gasteiger partial charge on any atom is 0.282 e. The van der Waals surface area contributed by atoms with Crippen molar-refractivity contribution in [2.24, 2.45) is 5.73 Å². The number of nitrogens with two attached hydrogens (primary N) is 1. The summed E-state index contributed by atoms with van der Waals surface area (Å²) in [4.78, 5) is 0. The fourth-order valence-corrected chi connectivity index (χ4v) is 4.29. The van der Waals surface area contributed by atoms with Gasteiger partial charge in [-0.3, -0.25) is 0 Å². The molecule has 0 amide bonds. The van der Waals surface area contributed by atoms with Crippen molar-refractivity contribution in [1.82, 2.24) is 8.61 Å². The van der Waals surface area contributed by atoms with Gasteiger partial charge in [-0.05, 0) is 20.3 Å². The molecule has 0 saturated carbocycles. The smallest absolute Gasteiger partial charge is 0.282 e. The summed E-state index contributed by atoms with van der Waals surface area (Å²) in [5.74, 6) is 0. The van der Waals surface area contributed by atoms with Crippen LogP contribution in [0.4, 0.5) is 0 Å². The van der Waals surface area contributed by atoms with Gasteiger partial charge in [-0.2, -0.15) is 17.0 Å². The predicted molar refractivity (Wildman–Crippen MR) is 64.7 cm³/mol. The Bertz CT molecular complexity index is 363. The lowest BCUT2D eigenvalue weighted by atomic mass is 10.3. The molecule has 0 aromatic carbocycles. The summed E-state index contributed by atoms with van der Waals surface area (Å²) in [6.07, 6.45) is 0.642. The normalized spacial score (nSPS) is 37.5. The van der Waals surface area contributed by atoms with Crippen molar-refractivity contribution in [1.29, 1.82) is 0 Å². The summed E-state index contributed by atoms with van der Waals surface area (Å²) >= 11 is 0. The highest BCUT2D eigenvalue weighted by atomic mass is 32.2. The highest BCUT2D eigenvalue weighted by Crippen LogP contribution is 2.20. The van der Waals surface area contributed by atoms with E-state index in [1.165, 1.54) is 8.61 Å².